The van der Waals surface area contributed by atoms with E-state index in [1.54, 1.807) is 17.0 Å². The molecule has 1 aliphatic rings. The van der Waals surface area contributed by atoms with Gasteiger partial charge in [-0.2, -0.15) is 0 Å². The fourth-order valence-corrected chi connectivity index (χ4v) is 2.54. The zero-order chi connectivity index (χ0) is 12.6. The number of benzene rings is 1. The third kappa shape index (κ3) is 3.02. The minimum Gasteiger partial charge on any atom is -0.341 e. The fourth-order valence-electron chi connectivity index (χ4n) is 1.96. The van der Waals surface area contributed by atoms with E-state index in [2.05, 4.69) is 22.9 Å². The van der Waals surface area contributed by atoms with Crippen LogP contribution in [0.1, 0.15) is 23.7 Å². The van der Waals surface area contributed by atoms with Gasteiger partial charge >= 0.3 is 0 Å². The Balaban J connectivity index is 2.10. The average Bonchev–Trinajstić information content (AvgIpc) is 2.96. The van der Waals surface area contributed by atoms with Gasteiger partial charge in [0.25, 0.3) is 5.91 Å². The van der Waals surface area contributed by atoms with Gasteiger partial charge in [-0.1, -0.05) is 18.5 Å². The van der Waals surface area contributed by atoms with Gasteiger partial charge in [-0.3, -0.25) is 4.79 Å². The Morgan fingerprint density at radius 3 is 2.82 bits per heavy atom. The molecule has 1 aromatic rings. The van der Waals surface area contributed by atoms with Crippen molar-refractivity contribution in [3.05, 3.63) is 33.3 Å². The van der Waals surface area contributed by atoms with Crippen LogP contribution in [0.15, 0.2) is 22.7 Å². The maximum absolute atomic E-state index is 12.2. The van der Waals surface area contributed by atoms with E-state index in [9.17, 15) is 4.79 Å². The molecule has 2 rings (SSSR count). The van der Waals surface area contributed by atoms with Crippen LogP contribution in [0.3, 0.4) is 0 Å². The smallest absolute Gasteiger partial charge is 0.254 e. The summed E-state index contributed by atoms with van der Waals surface area (Å²) >= 11 is 9.30. The highest BCUT2D eigenvalue weighted by molar-refractivity contribution is 9.10. The van der Waals surface area contributed by atoms with Gasteiger partial charge < -0.3 is 4.90 Å². The third-order valence-corrected chi connectivity index (χ3v) is 4.22. The summed E-state index contributed by atoms with van der Waals surface area (Å²) in [6.07, 6.45) is 1.23. The lowest BCUT2D eigenvalue weighted by atomic mass is 10.2. The second kappa shape index (κ2) is 4.99. The number of rotatable bonds is 3. The first kappa shape index (κ1) is 12.9. The third-order valence-electron chi connectivity index (χ3n) is 3.29. The number of amides is 1. The Hall–Kier alpha value is -0.540. The van der Waals surface area contributed by atoms with Gasteiger partial charge in [-0.05, 0) is 52.4 Å². The van der Waals surface area contributed by atoms with E-state index in [1.807, 2.05) is 13.1 Å². The zero-order valence-electron chi connectivity index (χ0n) is 9.91. The maximum Gasteiger partial charge on any atom is 0.254 e. The molecule has 0 N–H and O–H groups in total. The van der Waals surface area contributed by atoms with Crippen molar-refractivity contribution in [3.63, 3.8) is 0 Å². The van der Waals surface area contributed by atoms with Gasteiger partial charge in [0, 0.05) is 23.1 Å². The second-order valence-corrected chi connectivity index (χ2v) is 6.07. The lowest BCUT2D eigenvalue weighted by Crippen LogP contribution is -2.29. The van der Waals surface area contributed by atoms with Crippen molar-refractivity contribution < 1.29 is 4.79 Å². The van der Waals surface area contributed by atoms with E-state index in [4.69, 9.17) is 11.6 Å². The molecular formula is C13H15BrClNO. The lowest BCUT2D eigenvalue weighted by molar-refractivity contribution is 0.0786. The largest absolute Gasteiger partial charge is 0.341 e. The van der Waals surface area contributed by atoms with Crippen LogP contribution >= 0.6 is 27.5 Å². The van der Waals surface area contributed by atoms with Crippen molar-refractivity contribution in [2.24, 2.45) is 11.8 Å². The standard InChI is InChI=1S/C13H15BrClNO/c1-8-5-9(8)7-16(2)13(17)11-6-10(15)3-4-12(11)14/h3-4,6,8-9H,5,7H2,1-2H3. The van der Waals surface area contributed by atoms with Gasteiger partial charge in [0.1, 0.15) is 0 Å². The molecule has 17 heavy (non-hydrogen) atoms. The molecule has 2 nitrogen and oxygen atoms in total. The molecule has 0 spiro atoms. The number of hydrogen-bond donors (Lipinski definition) is 0. The Labute approximate surface area is 115 Å². The van der Waals surface area contributed by atoms with Gasteiger partial charge in [0.2, 0.25) is 0 Å². The van der Waals surface area contributed by atoms with E-state index < -0.39 is 0 Å². The van der Waals surface area contributed by atoms with Crippen LogP contribution in [0.5, 0.6) is 0 Å². The van der Waals surface area contributed by atoms with Gasteiger partial charge in [-0.25, -0.2) is 0 Å². The summed E-state index contributed by atoms with van der Waals surface area (Å²) in [5.41, 5.74) is 0.633. The van der Waals surface area contributed by atoms with Crippen LogP contribution in [0, 0.1) is 11.8 Å². The summed E-state index contributed by atoms with van der Waals surface area (Å²) in [7, 11) is 1.85. The monoisotopic (exact) mass is 315 g/mol. The molecular weight excluding hydrogens is 302 g/mol. The Morgan fingerprint density at radius 1 is 1.59 bits per heavy atom. The van der Waals surface area contributed by atoms with Crippen molar-refractivity contribution in [1.29, 1.82) is 0 Å². The second-order valence-electron chi connectivity index (χ2n) is 4.78. The predicted molar refractivity (Wildman–Crippen MR) is 73.4 cm³/mol. The van der Waals surface area contributed by atoms with Crippen molar-refractivity contribution in [1.82, 2.24) is 4.90 Å². The molecule has 0 aromatic heterocycles. The summed E-state index contributed by atoms with van der Waals surface area (Å²) in [5.74, 6) is 1.45. The van der Waals surface area contributed by atoms with E-state index >= 15 is 0 Å². The van der Waals surface area contributed by atoms with Gasteiger partial charge in [-0.15, -0.1) is 0 Å². The van der Waals surface area contributed by atoms with Crippen molar-refractivity contribution in [3.8, 4) is 0 Å². The Morgan fingerprint density at radius 2 is 2.24 bits per heavy atom. The Bertz CT molecular complexity index is 449. The fraction of sp³-hybridized carbons (Fsp3) is 0.462. The number of nitrogens with zero attached hydrogens (tertiary/aromatic N) is 1. The molecule has 1 aliphatic carbocycles. The summed E-state index contributed by atoms with van der Waals surface area (Å²) < 4.78 is 0.794. The zero-order valence-corrected chi connectivity index (χ0v) is 12.3. The molecule has 1 aromatic carbocycles. The molecule has 0 radical (unpaired) electrons. The van der Waals surface area contributed by atoms with E-state index in [1.165, 1.54) is 6.42 Å². The van der Waals surface area contributed by atoms with E-state index in [-0.39, 0.29) is 5.91 Å². The lowest BCUT2D eigenvalue weighted by Gasteiger charge is -2.18. The van der Waals surface area contributed by atoms with Crippen molar-refractivity contribution >= 4 is 33.4 Å². The number of carbonyl (C=O) groups excluding carboxylic acids is 1. The van der Waals surface area contributed by atoms with E-state index in [0.29, 0.717) is 16.5 Å². The first-order valence-electron chi connectivity index (χ1n) is 5.69. The summed E-state index contributed by atoms with van der Waals surface area (Å²) in [4.78, 5) is 14.0. The van der Waals surface area contributed by atoms with Crippen LogP contribution in [-0.2, 0) is 0 Å². The molecule has 0 bridgehead atoms. The first-order valence-corrected chi connectivity index (χ1v) is 6.86. The highest BCUT2D eigenvalue weighted by atomic mass is 79.9. The predicted octanol–water partition coefficient (Wildman–Crippen LogP) is 3.83. The van der Waals surface area contributed by atoms with Crippen LogP contribution in [0.4, 0.5) is 0 Å². The quantitative estimate of drug-likeness (QED) is 0.830. The van der Waals surface area contributed by atoms with E-state index in [0.717, 1.165) is 16.9 Å². The van der Waals surface area contributed by atoms with Gasteiger partial charge in [0.05, 0.1) is 5.56 Å². The number of carbonyl (C=O) groups is 1. The molecule has 2 atom stereocenters. The summed E-state index contributed by atoms with van der Waals surface area (Å²) in [6, 6.07) is 5.29. The van der Waals surface area contributed by atoms with Crippen LogP contribution in [0.25, 0.3) is 0 Å². The number of hydrogen-bond acceptors (Lipinski definition) is 1. The van der Waals surface area contributed by atoms with Gasteiger partial charge in [0.15, 0.2) is 0 Å². The van der Waals surface area contributed by atoms with Crippen LogP contribution < -0.4 is 0 Å². The first-order chi connectivity index (χ1) is 7.99. The van der Waals surface area contributed by atoms with Crippen molar-refractivity contribution in [2.45, 2.75) is 13.3 Å². The SMILES string of the molecule is CC1CC1CN(C)C(=O)c1cc(Cl)ccc1Br. The highest BCUT2D eigenvalue weighted by Gasteiger charge is 2.34. The number of halogens is 2. The Kier molecular flexibility index (Phi) is 3.79. The molecule has 1 saturated carbocycles. The topological polar surface area (TPSA) is 20.3 Å². The molecule has 1 fully saturated rings. The van der Waals surface area contributed by atoms with Crippen LogP contribution in [0.2, 0.25) is 5.02 Å². The summed E-state index contributed by atoms with van der Waals surface area (Å²) in [5, 5.41) is 0.588. The summed E-state index contributed by atoms with van der Waals surface area (Å²) in [6.45, 7) is 3.05. The van der Waals surface area contributed by atoms with Crippen molar-refractivity contribution in [2.75, 3.05) is 13.6 Å². The highest BCUT2D eigenvalue weighted by Crippen LogP contribution is 2.38. The molecule has 0 aliphatic heterocycles. The molecule has 2 unspecified atom stereocenters. The molecule has 0 heterocycles. The minimum absolute atomic E-state index is 0.0264. The minimum atomic E-state index is 0.0264. The normalized spacial score (nSPS) is 22.4. The molecule has 1 amide bonds. The maximum atomic E-state index is 12.2. The molecule has 0 saturated heterocycles. The average molecular weight is 317 g/mol. The molecule has 4 heteroatoms. The van der Waals surface area contributed by atoms with Crippen LogP contribution in [-0.4, -0.2) is 24.4 Å². The molecule has 92 valence electrons.